The van der Waals surface area contributed by atoms with Crippen molar-refractivity contribution in [3.05, 3.63) is 23.9 Å². The first kappa shape index (κ1) is 22.1. The lowest BCUT2D eigenvalue weighted by Gasteiger charge is -2.31. The highest BCUT2D eigenvalue weighted by Crippen LogP contribution is 2.37. The minimum Gasteiger partial charge on any atom is -0.475 e. The summed E-state index contributed by atoms with van der Waals surface area (Å²) in [6, 6.07) is 1.92. The quantitative estimate of drug-likeness (QED) is 0.335. The fraction of sp³-hybridized carbons (Fsp3) is 0.647. The average Bonchev–Trinajstić information content (AvgIpc) is 2.63. The SMILES string of the molecule is CN=C(NCCOc1ncccc1C(F)(F)F)NC1CCC(C(F)(F)F)CC1. The normalized spacial score (nSPS) is 21.3. The van der Waals surface area contributed by atoms with E-state index in [0.29, 0.717) is 18.8 Å². The first-order chi connectivity index (χ1) is 13.1. The van der Waals surface area contributed by atoms with E-state index in [-0.39, 0.29) is 32.0 Å². The Morgan fingerprint density at radius 1 is 1.18 bits per heavy atom. The standard InChI is InChI=1S/C17H22F6N4O/c1-24-15(27-12-6-4-11(5-7-12)16(18,19)20)26-9-10-28-14-13(17(21,22)23)3-2-8-25-14/h2-3,8,11-12H,4-7,9-10H2,1H3,(H2,24,26,27). The van der Waals surface area contributed by atoms with E-state index in [1.807, 2.05) is 0 Å². The van der Waals surface area contributed by atoms with Crippen molar-refractivity contribution in [3.63, 3.8) is 0 Å². The number of nitrogens with zero attached hydrogens (tertiary/aromatic N) is 2. The first-order valence-corrected chi connectivity index (χ1v) is 8.80. The summed E-state index contributed by atoms with van der Waals surface area (Å²) in [5.74, 6) is -1.42. The fourth-order valence-electron chi connectivity index (χ4n) is 2.99. The molecule has 158 valence electrons. The molecule has 11 heteroatoms. The molecule has 1 aromatic rings. The second kappa shape index (κ2) is 9.33. The van der Waals surface area contributed by atoms with E-state index in [4.69, 9.17) is 4.74 Å². The largest absolute Gasteiger partial charge is 0.475 e. The highest BCUT2D eigenvalue weighted by Gasteiger charge is 2.41. The molecule has 0 amide bonds. The van der Waals surface area contributed by atoms with Gasteiger partial charge in [-0.25, -0.2) is 4.98 Å². The van der Waals surface area contributed by atoms with Gasteiger partial charge in [0.1, 0.15) is 12.2 Å². The molecule has 0 aliphatic heterocycles. The van der Waals surface area contributed by atoms with Gasteiger partial charge >= 0.3 is 12.4 Å². The number of guanidine groups is 1. The average molecular weight is 412 g/mol. The zero-order valence-corrected chi connectivity index (χ0v) is 15.2. The minimum absolute atomic E-state index is 0.0567. The van der Waals surface area contributed by atoms with Gasteiger partial charge in [-0.15, -0.1) is 0 Å². The van der Waals surface area contributed by atoms with Crippen LogP contribution < -0.4 is 15.4 Å². The first-order valence-electron chi connectivity index (χ1n) is 8.80. The molecule has 1 saturated carbocycles. The molecule has 0 atom stereocenters. The number of hydrogen-bond acceptors (Lipinski definition) is 3. The van der Waals surface area contributed by atoms with Crippen molar-refractivity contribution in [2.24, 2.45) is 10.9 Å². The molecular formula is C17H22F6N4O. The van der Waals surface area contributed by atoms with E-state index in [0.717, 1.165) is 6.07 Å². The molecule has 1 aliphatic rings. The van der Waals surface area contributed by atoms with Gasteiger partial charge in [0.25, 0.3) is 0 Å². The third kappa shape index (κ3) is 6.45. The van der Waals surface area contributed by atoms with Crippen molar-refractivity contribution in [2.75, 3.05) is 20.2 Å². The van der Waals surface area contributed by atoms with Crippen LogP contribution >= 0.6 is 0 Å². The second-order valence-corrected chi connectivity index (χ2v) is 6.44. The minimum atomic E-state index is -4.57. The number of aromatic nitrogens is 1. The summed E-state index contributed by atoms with van der Waals surface area (Å²) < 4.78 is 81.8. The Hall–Kier alpha value is -2.20. The molecule has 2 N–H and O–H groups in total. The maximum absolute atomic E-state index is 12.9. The van der Waals surface area contributed by atoms with Crippen molar-refractivity contribution in [2.45, 2.75) is 44.1 Å². The predicted octanol–water partition coefficient (Wildman–Crippen LogP) is 3.77. The van der Waals surface area contributed by atoms with Crippen molar-refractivity contribution in [1.29, 1.82) is 0 Å². The van der Waals surface area contributed by atoms with Gasteiger partial charge in [-0.3, -0.25) is 4.99 Å². The van der Waals surface area contributed by atoms with Gasteiger partial charge in [-0.1, -0.05) is 0 Å². The molecule has 1 aliphatic carbocycles. The fourth-order valence-corrected chi connectivity index (χ4v) is 2.99. The van der Waals surface area contributed by atoms with Crippen LogP contribution in [0.1, 0.15) is 31.2 Å². The highest BCUT2D eigenvalue weighted by atomic mass is 19.4. The molecule has 0 aromatic carbocycles. The number of nitrogens with one attached hydrogen (secondary N) is 2. The second-order valence-electron chi connectivity index (χ2n) is 6.44. The summed E-state index contributed by atoms with van der Waals surface area (Å²) in [4.78, 5) is 7.57. The maximum Gasteiger partial charge on any atom is 0.421 e. The van der Waals surface area contributed by atoms with Gasteiger partial charge in [0.15, 0.2) is 5.96 Å². The van der Waals surface area contributed by atoms with Gasteiger partial charge in [-0.05, 0) is 37.8 Å². The van der Waals surface area contributed by atoms with Crippen LogP contribution in [0.5, 0.6) is 5.88 Å². The molecule has 1 heterocycles. The van der Waals surface area contributed by atoms with Crippen LogP contribution in [0.3, 0.4) is 0 Å². The number of pyridine rings is 1. The Morgan fingerprint density at radius 2 is 1.86 bits per heavy atom. The molecule has 0 radical (unpaired) electrons. The predicted molar refractivity (Wildman–Crippen MR) is 91.0 cm³/mol. The van der Waals surface area contributed by atoms with Gasteiger partial charge in [0.2, 0.25) is 5.88 Å². The Morgan fingerprint density at radius 3 is 2.43 bits per heavy atom. The number of aliphatic imine (C=N–C) groups is 1. The van der Waals surface area contributed by atoms with Crippen LogP contribution in [0, 0.1) is 5.92 Å². The van der Waals surface area contributed by atoms with Gasteiger partial charge < -0.3 is 15.4 Å². The van der Waals surface area contributed by atoms with Crippen molar-refractivity contribution < 1.29 is 31.1 Å². The molecule has 2 rings (SSSR count). The number of rotatable bonds is 5. The Balaban J connectivity index is 1.76. The lowest BCUT2D eigenvalue weighted by molar-refractivity contribution is -0.182. The molecule has 1 aromatic heterocycles. The zero-order valence-electron chi connectivity index (χ0n) is 15.2. The number of hydrogen-bond donors (Lipinski definition) is 2. The number of ether oxygens (including phenoxy) is 1. The summed E-state index contributed by atoms with van der Waals surface area (Å²) in [7, 11) is 1.50. The number of halogens is 6. The third-order valence-electron chi connectivity index (χ3n) is 4.46. The highest BCUT2D eigenvalue weighted by molar-refractivity contribution is 5.79. The lowest BCUT2D eigenvalue weighted by atomic mass is 9.85. The molecule has 5 nitrogen and oxygen atoms in total. The van der Waals surface area contributed by atoms with Crippen LogP contribution in [-0.4, -0.2) is 43.4 Å². The summed E-state index contributed by atoms with van der Waals surface area (Å²) in [6.07, 6.45) is -6.68. The van der Waals surface area contributed by atoms with Gasteiger partial charge in [0.05, 0.1) is 12.5 Å². The van der Waals surface area contributed by atoms with Crippen molar-refractivity contribution in [3.8, 4) is 5.88 Å². The Labute approximate surface area is 158 Å². The molecular weight excluding hydrogens is 390 g/mol. The molecule has 0 spiro atoms. The monoisotopic (exact) mass is 412 g/mol. The topological polar surface area (TPSA) is 58.5 Å². The van der Waals surface area contributed by atoms with E-state index in [9.17, 15) is 26.3 Å². The van der Waals surface area contributed by atoms with E-state index >= 15 is 0 Å². The van der Waals surface area contributed by atoms with Gasteiger partial charge in [-0.2, -0.15) is 26.3 Å². The summed E-state index contributed by atoms with van der Waals surface area (Å²) in [6.45, 7) is 0.0487. The molecule has 0 saturated heterocycles. The van der Waals surface area contributed by atoms with E-state index in [1.165, 1.54) is 19.3 Å². The van der Waals surface area contributed by atoms with E-state index < -0.39 is 29.7 Å². The molecule has 0 unspecified atom stereocenters. The summed E-state index contributed by atoms with van der Waals surface area (Å²) in [5, 5.41) is 5.90. The van der Waals surface area contributed by atoms with Crippen LogP contribution in [0.4, 0.5) is 26.3 Å². The maximum atomic E-state index is 12.9. The smallest absolute Gasteiger partial charge is 0.421 e. The van der Waals surface area contributed by atoms with Crippen LogP contribution in [0.15, 0.2) is 23.3 Å². The lowest BCUT2D eigenvalue weighted by Crippen LogP contribution is -2.46. The third-order valence-corrected chi connectivity index (χ3v) is 4.46. The Bertz CT molecular complexity index is 654. The van der Waals surface area contributed by atoms with E-state index in [1.54, 1.807) is 0 Å². The summed E-state index contributed by atoms with van der Waals surface area (Å²) in [5.41, 5.74) is -0.959. The molecule has 0 bridgehead atoms. The summed E-state index contributed by atoms with van der Waals surface area (Å²) >= 11 is 0. The van der Waals surface area contributed by atoms with Crippen LogP contribution in [-0.2, 0) is 6.18 Å². The molecule has 28 heavy (non-hydrogen) atoms. The van der Waals surface area contributed by atoms with Crippen LogP contribution in [0.2, 0.25) is 0 Å². The van der Waals surface area contributed by atoms with Crippen LogP contribution in [0.25, 0.3) is 0 Å². The van der Waals surface area contributed by atoms with Crippen molar-refractivity contribution in [1.82, 2.24) is 15.6 Å². The van der Waals surface area contributed by atoms with Crippen molar-refractivity contribution >= 4 is 5.96 Å². The van der Waals surface area contributed by atoms with E-state index in [2.05, 4.69) is 20.6 Å². The number of alkyl halides is 6. The molecule has 1 fully saturated rings. The Kier molecular flexibility index (Phi) is 7.36. The van der Waals surface area contributed by atoms with Gasteiger partial charge in [0, 0.05) is 19.3 Å². The zero-order chi connectivity index (χ0) is 20.8.